The molecule has 1 aliphatic carbocycles. The first kappa shape index (κ1) is 15.5. The summed E-state index contributed by atoms with van der Waals surface area (Å²) in [5, 5.41) is 0.837. The lowest BCUT2D eigenvalue weighted by atomic mass is 10.1. The number of amidine groups is 1. The molecule has 7 heteroatoms. The van der Waals surface area contributed by atoms with Crippen molar-refractivity contribution < 1.29 is 43.9 Å². The average molecular weight is 406 g/mol. The average Bonchev–Trinajstić information content (AvgIpc) is 2.92. The second-order valence-corrected chi connectivity index (χ2v) is 5.40. The molecule has 2 aliphatic rings. The van der Waals surface area contributed by atoms with Crippen molar-refractivity contribution in [1.82, 2.24) is 4.99 Å². The zero-order chi connectivity index (χ0) is 13.6. The topological polar surface area (TPSA) is 69.4 Å². The van der Waals surface area contributed by atoms with Gasteiger partial charge in [-0.25, -0.2) is 0 Å². The molecule has 1 aromatic rings. The van der Waals surface area contributed by atoms with Crippen LogP contribution in [0, 0.1) is 0 Å². The highest BCUT2D eigenvalue weighted by molar-refractivity contribution is 8.17. The SMILES string of the molecule is COc1cc2c(c(OC)c1OC)CC1=C2[N+]=C([NH3+])S1.[I-]. The predicted octanol–water partition coefficient (Wildman–Crippen LogP) is -2.38. The third kappa shape index (κ3) is 2.17. The lowest BCUT2D eigenvalue weighted by molar-refractivity contribution is -0.206. The summed E-state index contributed by atoms with van der Waals surface area (Å²) < 4.78 is 16.3. The van der Waals surface area contributed by atoms with Crippen molar-refractivity contribution in [2.75, 3.05) is 21.3 Å². The summed E-state index contributed by atoms with van der Waals surface area (Å²) in [5.41, 5.74) is 7.04. The highest BCUT2D eigenvalue weighted by Gasteiger charge is 2.42. The molecule has 3 rings (SSSR count). The Labute approximate surface area is 138 Å². The van der Waals surface area contributed by atoms with Crippen molar-refractivity contribution in [3.05, 3.63) is 22.1 Å². The van der Waals surface area contributed by atoms with Crippen LogP contribution in [0.25, 0.3) is 5.70 Å². The normalized spacial score (nSPS) is 15.3. The molecule has 0 bridgehead atoms. The summed E-state index contributed by atoms with van der Waals surface area (Å²) >= 11 is 1.62. The number of halogens is 1. The van der Waals surface area contributed by atoms with Crippen LogP contribution >= 0.6 is 11.8 Å². The molecule has 0 atom stereocenters. The van der Waals surface area contributed by atoms with Gasteiger partial charge in [-0.2, -0.15) is 0 Å². The summed E-state index contributed by atoms with van der Waals surface area (Å²) in [5.74, 6) is 2.02. The van der Waals surface area contributed by atoms with Gasteiger partial charge in [0.25, 0.3) is 0 Å². The Bertz CT molecular complexity index is 629. The van der Waals surface area contributed by atoms with Crippen molar-refractivity contribution in [2.24, 2.45) is 0 Å². The maximum Gasteiger partial charge on any atom is 0.471 e. The van der Waals surface area contributed by atoms with E-state index in [-0.39, 0.29) is 24.0 Å². The molecule has 0 aromatic heterocycles. The summed E-state index contributed by atoms with van der Waals surface area (Å²) in [6.07, 6.45) is 0.807. The van der Waals surface area contributed by atoms with E-state index >= 15 is 0 Å². The largest absolute Gasteiger partial charge is 1.00 e. The Hall–Kier alpha value is -0.930. The summed E-state index contributed by atoms with van der Waals surface area (Å²) in [6.45, 7) is 0. The smallest absolute Gasteiger partial charge is 0.471 e. The van der Waals surface area contributed by atoms with E-state index in [0.29, 0.717) is 11.5 Å². The number of allylic oxidation sites excluding steroid dienone is 1. The fourth-order valence-electron chi connectivity index (χ4n) is 2.49. The van der Waals surface area contributed by atoms with Gasteiger partial charge in [0, 0.05) is 12.0 Å². The number of methoxy groups -OCH3 is 3. The first-order valence-corrected chi connectivity index (χ1v) is 6.65. The first-order valence-electron chi connectivity index (χ1n) is 5.83. The fraction of sp³-hybridized carbons (Fsp3) is 0.308. The van der Waals surface area contributed by atoms with Crippen LogP contribution in [0.3, 0.4) is 0 Å². The number of hydrogen-bond donors (Lipinski definition) is 1. The minimum absolute atomic E-state index is 0. The molecule has 0 fully saturated rings. The number of hydrogen-bond acceptors (Lipinski definition) is 5. The number of fused-ring (bicyclic) bond motifs is 2. The van der Waals surface area contributed by atoms with Crippen molar-refractivity contribution >= 4 is 22.6 Å². The van der Waals surface area contributed by atoms with Gasteiger partial charge in [-0.1, -0.05) is 0 Å². The van der Waals surface area contributed by atoms with Gasteiger partial charge in [0.2, 0.25) is 5.75 Å². The van der Waals surface area contributed by atoms with Gasteiger partial charge in [-0.3, -0.25) is 5.73 Å². The number of rotatable bonds is 3. The third-order valence-electron chi connectivity index (χ3n) is 3.27. The summed E-state index contributed by atoms with van der Waals surface area (Å²) in [7, 11) is 4.88. The van der Waals surface area contributed by atoms with Gasteiger partial charge in [0.1, 0.15) is 4.99 Å². The van der Waals surface area contributed by atoms with Crippen LogP contribution in [0.5, 0.6) is 17.2 Å². The van der Waals surface area contributed by atoms with Crippen LogP contribution in [0.1, 0.15) is 11.1 Å². The lowest BCUT2D eigenvalue weighted by Crippen LogP contribution is -3.00. The van der Waals surface area contributed by atoms with Crippen LogP contribution in [-0.2, 0) is 6.42 Å². The molecule has 0 saturated carbocycles. The highest BCUT2D eigenvalue weighted by Crippen LogP contribution is 2.50. The molecule has 107 valence electrons. The second-order valence-electron chi connectivity index (χ2n) is 4.23. The van der Waals surface area contributed by atoms with E-state index in [4.69, 9.17) is 14.2 Å². The minimum Gasteiger partial charge on any atom is -1.00 e. The van der Waals surface area contributed by atoms with Crippen molar-refractivity contribution in [1.29, 1.82) is 0 Å². The van der Waals surface area contributed by atoms with E-state index < -0.39 is 0 Å². The zero-order valence-corrected chi connectivity index (χ0v) is 14.4. The summed E-state index contributed by atoms with van der Waals surface area (Å²) in [4.78, 5) is 5.71. The van der Waals surface area contributed by atoms with Gasteiger partial charge in [0.05, 0.1) is 43.6 Å². The molecule has 0 spiro atoms. The molecule has 0 unspecified atom stereocenters. The van der Waals surface area contributed by atoms with Gasteiger partial charge >= 0.3 is 10.9 Å². The second kappa shape index (κ2) is 5.82. The van der Waals surface area contributed by atoms with E-state index in [9.17, 15) is 0 Å². The lowest BCUT2D eigenvalue weighted by Gasteiger charge is -2.15. The molecule has 1 heterocycles. The maximum absolute atomic E-state index is 5.51. The van der Waals surface area contributed by atoms with Crippen molar-refractivity contribution in [3.63, 3.8) is 0 Å². The van der Waals surface area contributed by atoms with E-state index in [1.165, 1.54) is 4.91 Å². The number of ether oxygens (including phenoxy) is 3. The Balaban J connectivity index is 0.00000147. The number of benzene rings is 1. The van der Waals surface area contributed by atoms with Gasteiger partial charge in [-0.05, 0) is 6.07 Å². The van der Waals surface area contributed by atoms with Crippen LogP contribution < -0.4 is 48.9 Å². The Morgan fingerprint density at radius 1 is 1.15 bits per heavy atom. The Kier molecular flexibility index (Phi) is 4.50. The first-order chi connectivity index (χ1) is 9.19. The number of nitrogens with zero attached hydrogens (tertiary/aromatic N) is 1. The Morgan fingerprint density at radius 3 is 2.45 bits per heavy atom. The molecule has 3 N–H and O–H groups in total. The quantitative estimate of drug-likeness (QED) is 0.570. The van der Waals surface area contributed by atoms with E-state index in [0.717, 1.165) is 34.2 Å². The highest BCUT2D eigenvalue weighted by atomic mass is 127. The zero-order valence-electron chi connectivity index (χ0n) is 11.4. The van der Waals surface area contributed by atoms with Crippen LogP contribution in [0.2, 0.25) is 0 Å². The van der Waals surface area contributed by atoms with Crippen LogP contribution in [-0.4, -0.2) is 26.5 Å². The molecule has 5 nitrogen and oxygen atoms in total. The Morgan fingerprint density at radius 2 is 1.85 bits per heavy atom. The third-order valence-corrected chi connectivity index (χ3v) is 4.18. The maximum atomic E-state index is 5.51. The van der Waals surface area contributed by atoms with Crippen molar-refractivity contribution in [2.45, 2.75) is 6.42 Å². The monoisotopic (exact) mass is 406 g/mol. The minimum atomic E-state index is 0. The molecular formula is C13H15IN2O3S+. The summed E-state index contributed by atoms with van der Waals surface area (Å²) in [6, 6.07) is 1.96. The van der Waals surface area contributed by atoms with Gasteiger partial charge in [-0.15, -0.1) is 0 Å². The van der Waals surface area contributed by atoms with Crippen LogP contribution in [0.15, 0.2) is 11.0 Å². The number of thioether (sulfide) groups is 1. The standard InChI is InChI=1S/C13H14N2O3S.HI/c1-16-8-4-6-7(11(17-2)12(8)18-3)5-9-10(6)15-13(14)19-9;/h4H,5,14H2,1-3H3;1H/q+1;. The molecular weight excluding hydrogens is 391 g/mol. The molecule has 1 radical (unpaired) electrons. The number of aliphatic imine (C=N–C) groups is 1. The van der Waals surface area contributed by atoms with Crippen molar-refractivity contribution in [3.8, 4) is 17.2 Å². The van der Waals surface area contributed by atoms with Gasteiger partial charge in [0.15, 0.2) is 11.5 Å². The fourth-order valence-corrected chi connectivity index (χ4v) is 3.38. The van der Waals surface area contributed by atoms with E-state index in [1.807, 2.05) is 6.07 Å². The molecule has 1 aliphatic heterocycles. The molecule has 1 aromatic carbocycles. The van der Waals surface area contributed by atoms with E-state index in [2.05, 4.69) is 10.7 Å². The van der Waals surface area contributed by atoms with E-state index in [1.54, 1.807) is 33.1 Å². The van der Waals surface area contributed by atoms with Crippen LogP contribution in [0.4, 0.5) is 0 Å². The predicted molar refractivity (Wildman–Crippen MR) is 74.3 cm³/mol. The molecule has 0 saturated heterocycles. The van der Waals surface area contributed by atoms with Gasteiger partial charge < -0.3 is 38.2 Å². The molecule has 20 heavy (non-hydrogen) atoms. The number of quaternary nitrogens is 1. The molecule has 0 amide bonds.